The van der Waals surface area contributed by atoms with Crippen LogP contribution in [0.25, 0.3) is 0 Å². The third-order valence-corrected chi connectivity index (χ3v) is 3.87. The molecule has 0 aliphatic rings. The maximum absolute atomic E-state index is 12.3. The third kappa shape index (κ3) is 3.96. The Bertz CT molecular complexity index is 821. The molecule has 5 heteroatoms. The smallest absolute Gasteiger partial charge is 0.274 e. The van der Waals surface area contributed by atoms with Crippen molar-refractivity contribution in [2.24, 2.45) is 0 Å². The summed E-state index contributed by atoms with van der Waals surface area (Å²) >= 11 is 3.49. The van der Waals surface area contributed by atoms with Crippen LogP contribution < -0.4 is 10.6 Å². The zero-order chi connectivity index (χ0) is 16.1. The van der Waals surface area contributed by atoms with Crippen molar-refractivity contribution in [2.45, 2.75) is 0 Å². The van der Waals surface area contributed by atoms with Crippen LogP contribution in [0.5, 0.6) is 0 Å². The molecule has 0 fully saturated rings. The summed E-state index contributed by atoms with van der Waals surface area (Å²) in [5.74, 6) is -0.244. The number of carbonyl (C=O) groups excluding carboxylic acids is 1. The van der Waals surface area contributed by atoms with Crippen molar-refractivity contribution in [2.75, 3.05) is 10.6 Å². The predicted molar refractivity (Wildman–Crippen MR) is 96.1 cm³/mol. The van der Waals surface area contributed by atoms with Gasteiger partial charge < -0.3 is 10.6 Å². The maximum atomic E-state index is 12.3. The molecule has 0 bridgehead atoms. The molecule has 0 radical (unpaired) electrons. The van der Waals surface area contributed by atoms with E-state index in [0.717, 1.165) is 21.5 Å². The highest BCUT2D eigenvalue weighted by Crippen LogP contribution is 2.25. The molecule has 23 heavy (non-hydrogen) atoms. The number of aromatic nitrogens is 1. The number of carbonyl (C=O) groups is 1. The second-order valence-electron chi connectivity index (χ2n) is 4.85. The van der Waals surface area contributed by atoms with Crippen LogP contribution in [0.2, 0.25) is 0 Å². The van der Waals surface area contributed by atoms with E-state index in [1.165, 1.54) is 0 Å². The van der Waals surface area contributed by atoms with Crippen LogP contribution in [0.15, 0.2) is 77.4 Å². The average Bonchev–Trinajstić information content (AvgIpc) is 2.58. The van der Waals surface area contributed by atoms with Crippen LogP contribution in [0.1, 0.15) is 10.5 Å². The van der Waals surface area contributed by atoms with Gasteiger partial charge in [0.2, 0.25) is 0 Å². The number of benzene rings is 2. The SMILES string of the molecule is O=C(Nc1ccccc1)c1cc(Nc2ccccc2Br)ccn1. The van der Waals surface area contributed by atoms with E-state index in [0.29, 0.717) is 5.69 Å². The van der Waals surface area contributed by atoms with Crippen molar-refractivity contribution in [1.82, 2.24) is 4.98 Å². The van der Waals surface area contributed by atoms with E-state index in [-0.39, 0.29) is 5.91 Å². The lowest BCUT2D eigenvalue weighted by molar-refractivity contribution is 0.102. The number of nitrogens with zero attached hydrogens (tertiary/aromatic N) is 1. The van der Waals surface area contributed by atoms with Gasteiger partial charge in [-0.25, -0.2) is 0 Å². The minimum Gasteiger partial charge on any atom is -0.354 e. The number of hydrogen-bond donors (Lipinski definition) is 2. The van der Waals surface area contributed by atoms with E-state index in [2.05, 4.69) is 31.5 Å². The van der Waals surface area contributed by atoms with E-state index in [1.54, 1.807) is 12.3 Å². The summed E-state index contributed by atoms with van der Waals surface area (Å²) in [6.45, 7) is 0. The molecule has 114 valence electrons. The van der Waals surface area contributed by atoms with Gasteiger partial charge in [-0.05, 0) is 52.3 Å². The highest BCUT2D eigenvalue weighted by molar-refractivity contribution is 9.10. The lowest BCUT2D eigenvalue weighted by Gasteiger charge is -2.10. The average molecular weight is 368 g/mol. The highest BCUT2D eigenvalue weighted by Gasteiger charge is 2.09. The Kier molecular flexibility index (Phi) is 4.68. The van der Waals surface area contributed by atoms with E-state index in [4.69, 9.17) is 0 Å². The fourth-order valence-corrected chi connectivity index (χ4v) is 2.45. The molecule has 0 saturated carbocycles. The molecule has 0 aliphatic heterocycles. The zero-order valence-electron chi connectivity index (χ0n) is 12.2. The number of hydrogen-bond acceptors (Lipinski definition) is 3. The molecule has 0 saturated heterocycles. The van der Waals surface area contributed by atoms with E-state index < -0.39 is 0 Å². The number of halogens is 1. The third-order valence-electron chi connectivity index (χ3n) is 3.18. The first-order chi connectivity index (χ1) is 11.2. The van der Waals surface area contributed by atoms with Gasteiger partial charge in [-0.1, -0.05) is 30.3 Å². The van der Waals surface area contributed by atoms with Gasteiger partial charge in [0, 0.05) is 22.0 Å². The van der Waals surface area contributed by atoms with Gasteiger partial charge in [0.25, 0.3) is 5.91 Å². The minimum atomic E-state index is -0.244. The van der Waals surface area contributed by atoms with Crippen molar-refractivity contribution in [3.8, 4) is 0 Å². The molecule has 3 rings (SSSR count). The number of para-hydroxylation sites is 2. The Morgan fingerprint density at radius 1 is 0.913 bits per heavy atom. The summed E-state index contributed by atoms with van der Waals surface area (Å²) in [6.07, 6.45) is 1.61. The van der Waals surface area contributed by atoms with Crippen molar-refractivity contribution in [3.63, 3.8) is 0 Å². The molecule has 2 aromatic carbocycles. The van der Waals surface area contributed by atoms with E-state index in [9.17, 15) is 4.79 Å². The normalized spacial score (nSPS) is 10.1. The molecule has 2 N–H and O–H groups in total. The van der Waals surface area contributed by atoms with Gasteiger partial charge in [0.1, 0.15) is 5.69 Å². The van der Waals surface area contributed by atoms with Gasteiger partial charge in [0.05, 0.1) is 5.69 Å². The van der Waals surface area contributed by atoms with Crippen molar-refractivity contribution >= 4 is 38.9 Å². The van der Waals surface area contributed by atoms with Crippen molar-refractivity contribution < 1.29 is 4.79 Å². The summed E-state index contributed by atoms with van der Waals surface area (Å²) in [4.78, 5) is 16.4. The molecule has 0 atom stereocenters. The summed E-state index contributed by atoms with van der Waals surface area (Å²) in [7, 11) is 0. The van der Waals surface area contributed by atoms with Crippen LogP contribution >= 0.6 is 15.9 Å². The lowest BCUT2D eigenvalue weighted by Crippen LogP contribution is -2.13. The first-order valence-electron chi connectivity index (χ1n) is 7.06. The largest absolute Gasteiger partial charge is 0.354 e. The van der Waals surface area contributed by atoms with Gasteiger partial charge in [0.15, 0.2) is 0 Å². The first kappa shape index (κ1) is 15.2. The molecule has 0 unspecified atom stereocenters. The number of anilines is 3. The molecule has 1 amide bonds. The molecule has 1 aromatic heterocycles. The van der Waals surface area contributed by atoms with E-state index >= 15 is 0 Å². The molecular weight excluding hydrogens is 354 g/mol. The summed E-state index contributed by atoms with van der Waals surface area (Å²) in [5.41, 5.74) is 2.81. The van der Waals surface area contributed by atoms with Crippen molar-refractivity contribution in [3.05, 3.63) is 83.1 Å². The van der Waals surface area contributed by atoms with Crippen LogP contribution in [0.3, 0.4) is 0 Å². The van der Waals surface area contributed by atoms with Gasteiger partial charge in [-0.15, -0.1) is 0 Å². The van der Waals surface area contributed by atoms with Crippen LogP contribution in [0, 0.1) is 0 Å². The van der Waals surface area contributed by atoms with Gasteiger partial charge in [-0.2, -0.15) is 0 Å². The first-order valence-corrected chi connectivity index (χ1v) is 7.86. The quantitative estimate of drug-likeness (QED) is 0.693. The Morgan fingerprint density at radius 2 is 1.65 bits per heavy atom. The van der Waals surface area contributed by atoms with Crippen LogP contribution in [-0.4, -0.2) is 10.9 Å². The topological polar surface area (TPSA) is 54.0 Å². The summed E-state index contributed by atoms with van der Waals surface area (Å²) in [5, 5.41) is 6.09. The second-order valence-corrected chi connectivity index (χ2v) is 5.71. The fourth-order valence-electron chi connectivity index (χ4n) is 2.07. The zero-order valence-corrected chi connectivity index (χ0v) is 13.7. The monoisotopic (exact) mass is 367 g/mol. The molecule has 0 spiro atoms. The summed E-state index contributed by atoms with van der Waals surface area (Å²) < 4.78 is 0.951. The Labute approximate surface area is 142 Å². The minimum absolute atomic E-state index is 0.244. The number of rotatable bonds is 4. The van der Waals surface area contributed by atoms with Gasteiger partial charge >= 0.3 is 0 Å². The van der Waals surface area contributed by atoms with Crippen molar-refractivity contribution in [1.29, 1.82) is 0 Å². The standard InChI is InChI=1S/C18H14BrN3O/c19-15-8-4-5-9-16(15)21-14-10-11-20-17(12-14)18(23)22-13-6-2-1-3-7-13/h1-12H,(H,20,21)(H,22,23). The maximum Gasteiger partial charge on any atom is 0.274 e. The number of pyridine rings is 1. The Hall–Kier alpha value is -2.66. The lowest BCUT2D eigenvalue weighted by atomic mass is 10.2. The molecule has 1 heterocycles. The molecular formula is C18H14BrN3O. The van der Waals surface area contributed by atoms with Crippen LogP contribution in [-0.2, 0) is 0 Å². The van der Waals surface area contributed by atoms with Crippen LogP contribution in [0.4, 0.5) is 17.1 Å². The van der Waals surface area contributed by atoms with Gasteiger partial charge in [-0.3, -0.25) is 9.78 Å². The second kappa shape index (κ2) is 7.07. The number of nitrogens with one attached hydrogen (secondary N) is 2. The summed E-state index contributed by atoms with van der Waals surface area (Å²) in [6, 6.07) is 20.6. The Balaban J connectivity index is 1.77. The molecule has 4 nitrogen and oxygen atoms in total. The number of amides is 1. The highest BCUT2D eigenvalue weighted by atomic mass is 79.9. The van der Waals surface area contributed by atoms with E-state index in [1.807, 2.05) is 60.7 Å². The predicted octanol–water partition coefficient (Wildman–Crippen LogP) is 4.84. The molecule has 0 aliphatic carbocycles. The Morgan fingerprint density at radius 3 is 2.43 bits per heavy atom. The fraction of sp³-hybridized carbons (Fsp3) is 0. The molecule has 3 aromatic rings.